The summed E-state index contributed by atoms with van der Waals surface area (Å²) < 4.78 is 0. The molecular weight excluding hydrogens is 290 g/mol. The number of anilines is 1. The van der Waals surface area contributed by atoms with E-state index in [-0.39, 0.29) is 12.2 Å². The van der Waals surface area contributed by atoms with E-state index in [0.29, 0.717) is 17.3 Å². The Kier molecular flexibility index (Phi) is 7.95. The van der Waals surface area contributed by atoms with Gasteiger partial charge < -0.3 is 15.7 Å². The molecule has 5 nitrogen and oxygen atoms in total. The number of benzene rings is 1. The Hall–Kier alpha value is -2.03. The Balaban J connectivity index is 2.47. The van der Waals surface area contributed by atoms with Crippen LogP contribution in [0, 0.1) is 11.3 Å². The molecule has 0 bridgehead atoms. The second-order valence-electron chi connectivity index (χ2n) is 4.37. The first-order valence-corrected chi connectivity index (χ1v) is 7.06. The monoisotopic (exact) mass is 307 g/mol. The van der Waals surface area contributed by atoms with Crippen LogP contribution in [0.4, 0.5) is 5.69 Å². The lowest BCUT2D eigenvalue weighted by atomic mass is 10.2. The van der Waals surface area contributed by atoms with E-state index in [1.165, 1.54) is 6.20 Å². The molecule has 0 aliphatic carbocycles. The van der Waals surface area contributed by atoms with E-state index < -0.39 is 5.91 Å². The lowest BCUT2D eigenvalue weighted by molar-refractivity contribution is -0.112. The number of rotatable bonds is 8. The Morgan fingerprint density at radius 3 is 2.86 bits per heavy atom. The van der Waals surface area contributed by atoms with Crippen molar-refractivity contribution in [1.82, 2.24) is 5.32 Å². The number of nitrogens with zero attached hydrogens (tertiary/aromatic N) is 1. The van der Waals surface area contributed by atoms with Gasteiger partial charge in [-0.3, -0.25) is 4.79 Å². The van der Waals surface area contributed by atoms with Crippen molar-refractivity contribution in [2.24, 2.45) is 0 Å². The predicted molar refractivity (Wildman–Crippen MR) is 82.7 cm³/mol. The zero-order valence-corrected chi connectivity index (χ0v) is 12.4. The van der Waals surface area contributed by atoms with Crippen LogP contribution in [0.1, 0.15) is 19.3 Å². The van der Waals surface area contributed by atoms with Gasteiger partial charge in [-0.1, -0.05) is 17.7 Å². The molecule has 1 rings (SSSR count). The molecule has 0 radical (unpaired) electrons. The highest BCUT2D eigenvalue weighted by atomic mass is 35.5. The van der Waals surface area contributed by atoms with Crippen LogP contribution < -0.4 is 10.6 Å². The Morgan fingerprint density at radius 2 is 2.19 bits per heavy atom. The lowest BCUT2D eigenvalue weighted by Gasteiger charge is -2.05. The van der Waals surface area contributed by atoms with Crippen molar-refractivity contribution >= 4 is 23.2 Å². The summed E-state index contributed by atoms with van der Waals surface area (Å²) in [6.45, 7) is 0.830. The van der Waals surface area contributed by atoms with E-state index in [9.17, 15) is 4.79 Å². The van der Waals surface area contributed by atoms with Gasteiger partial charge in [-0.2, -0.15) is 5.26 Å². The van der Waals surface area contributed by atoms with Crippen LogP contribution in [-0.4, -0.2) is 24.2 Å². The first-order chi connectivity index (χ1) is 10.2. The molecule has 0 saturated heterocycles. The number of amides is 1. The topological polar surface area (TPSA) is 85.2 Å². The summed E-state index contributed by atoms with van der Waals surface area (Å²) in [4.78, 5) is 11.9. The van der Waals surface area contributed by atoms with E-state index >= 15 is 0 Å². The van der Waals surface area contributed by atoms with Gasteiger partial charge >= 0.3 is 0 Å². The molecule has 0 aliphatic heterocycles. The standard InChI is InChI=1S/C15H18ClN3O2/c16-13-5-4-6-14(9-13)19-15(21)12(10-17)11-18-7-2-1-3-8-20/h4-6,9,11,18,20H,1-3,7-8H2,(H,19,21)/b12-11-. The van der Waals surface area contributed by atoms with Crippen molar-refractivity contribution in [3.8, 4) is 6.07 Å². The highest BCUT2D eigenvalue weighted by molar-refractivity contribution is 6.31. The summed E-state index contributed by atoms with van der Waals surface area (Å²) in [6, 6.07) is 8.57. The van der Waals surface area contributed by atoms with Crippen LogP contribution in [0.25, 0.3) is 0 Å². The largest absolute Gasteiger partial charge is 0.396 e. The first kappa shape index (κ1) is 17.0. The number of carbonyl (C=O) groups is 1. The maximum atomic E-state index is 11.9. The number of carbonyl (C=O) groups excluding carboxylic acids is 1. The predicted octanol–water partition coefficient (Wildman–Crippen LogP) is 2.44. The maximum absolute atomic E-state index is 11.9. The summed E-state index contributed by atoms with van der Waals surface area (Å²) in [5.74, 6) is -0.484. The zero-order chi connectivity index (χ0) is 15.5. The molecule has 0 fully saturated rings. The fourth-order valence-corrected chi connectivity index (χ4v) is 1.79. The lowest BCUT2D eigenvalue weighted by Crippen LogP contribution is -2.17. The zero-order valence-electron chi connectivity index (χ0n) is 11.6. The number of aliphatic hydroxyl groups excluding tert-OH is 1. The average molecular weight is 308 g/mol. The number of aliphatic hydroxyl groups is 1. The van der Waals surface area contributed by atoms with Crippen molar-refractivity contribution in [2.75, 3.05) is 18.5 Å². The van der Waals surface area contributed by atoms with E-state index in [1.807, 2.05) is 6.07 Å². The number of hydrogen-bond acceptors (Lipinski definition) is 4. The minimum Gasteiger partial charge on any atom is -0.396 e. The Bertz CT molecular complexity index is 538. The number of hydrogen-bond donors (Lipinski definition) is 3. The summed E-state index contributed by atoms with van der Waals surface area (Å²) >= 11 is 5.82. The summed E-state index contributed by atoms with van der Waals surface area (Å²) in [5.41, 5.74) is 0.536. The number of nitrogens with one attached hydrogen (secondary N) is 2. The molecule has 6 heteroatoms. The number of halogens is 1. The fourth-order valence-electron chi connectivity index (χ4n) is 1.60. The van der Waals surface area contributed by atoms with Gasteiger partial charge in [0.05, 0.1) is 0 Å². The summed E-state index contributed by atoms with van der Waals surface area (Å²) in [7, 11) is 0. The molecule has 0 heterocycles. The number of unbranched alkanes of at least 4 members (excludes halogenated alkanes) is 2. The van der Waals surface area contributed by atoms with E-state index in [0.717, 1.165) is 19.3 Å². The quantitative estimate of drug-likeness (QED) is 0.391. The molecule has 0 spiro atoms. The average Bonchev–Trinajstić information content (AvgIpc) is 2.46. The SMILES string of the molecule is N#C/C(=C/NCCCCCO)C(=O)Nc1cccc(Cl)c1. The summed E-state index contributed by atoms with van der Waals surface area (Å²) in [6.07, 6.45) is 3.92. The maximum Gasteiger partial charge on any atom is 0.267 e. The van der Waals surface area contributed by atoms with Crippen LogP contribution in [0.3, 0.4) is 0 Å². The third-order valence-electron chi connectivity index (χ3n) is 2.67. The first-order valence-electron chi connectivity index (χ1n) is 6.69. The molecule has 1 amide bonds. The highest BCUT2D eigenvalue weighted by Crippen LogP contribution is 2.15. The number of nitriles is 1. The molecule has 0 saturated carbocycles. The van der Waals surface area contributed by atoms with Gasteiger partial charge in [0.2, 0.25) is 0 Å². The van der Waals surface area contributed by atoms with E-state index in [4.69, 9.17) is 22.0 Å². The third kappa shape index (κ3) is 6.80. The molecular formula is C15H18ClN3O2. The van der Waals surface area contributed by atoms with Crippen molar-refractivity contribution in [3.05, 3.63) is 41.1 Å². The van der Waals surface area contributed by atoms with Crippen molar-refractivity contribution < 1.29 is 9.90 Å². The summed E-state index contributed by atoms with van der Waals surface area (Å²) in [5, 5.41) is 23.7. The van der Waals surface area contributed by atoms with Gasteiger partial charge in [-0.25, -0.2) is 0 Å². The van der Waals surface area contributed by atoms with Crippen LogP contribution in [-0.2, 0) is 4.79 Å². The van der Waals surface area contributed by atoms with E-state index in [1.54, 1.807) is 24.3 Å². The normalized spacial score (nSPS) is 10.8. The fraction of sp³-hybridized carbons (Fsp3) is 0.333. The van der Waals surface area contributed by atoms with Gasteiger partial charge in [0.25, 0.3) is 5.91 Å². The van der Waals surface area contributed by atoms with Gasteiger partial charge in [-0.15, -0.1) is 0 Å². The van der Waals surface area contributed by atoms with Crippen LogP contribution in [0.2, 0.25) is 5.02 Å². The van der Waals surface area contributed by atoms with E-state index in [2.05, 4.69) is 10.6 Å². The van der Waals surface area contributed by atoms with Crippen LogP contribution in [0.5, 0.6) is 0 Å². The highest BCUT2D eigenvalue weighted by Gasteiger charge is 2.09. The smallest absolute Gasteiger partial charge is 0.267 e. The molecule has 0 unspecified atom stereocenters. The minimum atomic E-state index is -0.484. The van der Waals surface area contributed by atoms with Gasteiger partial charge in [0.15, 0.2) is 0 Å². The van der Waals surface area contributed by atoms with Crippen molar-refractivity contribution in [2.45, 2.75) is 19.3 Å². The molecule has 3 N–H and O–H groups in total. The molecule has 21 heavy (non-hydrogen) atoms. The molecule has 1 aromatic carbocycles. The van der Waals surface area contributed by atoms with Crippen LogP contribution in [0.15, 0.2) is 36.0 Å². The minimum absolute atomic E-state index is 0.00265. The van der Waals surface area contributed by atoms with Crippen LogP contribution >= 0.6 is 11.6 Å². The second-order valence-corrected chi connectivity index (χ2v) is 4.81. The van der Waals surface area contributed by atoms with Gasteiger partial charge in [-0.05, 0) is 37.5 Å². The van der Waals surface area contributed by atoms with Gasteiger partial charge in [0.1, 0.15) is 11.6 Å². The Labute approximate surface area is 129 Å². The van der Waals surface area contributed by atoms with Crippen molar-refractivity contribution in [1.29, 1.82) is 5.26 Å². The Morgan fingerprint density at radius 1 is 1.38 bits per heavy atom. The molecule has 1 aromatic rings. The molecule has 0 aromatic heterocycles. The molecule has 0 aliphatic rings. The second kappa shape index (κ2) is 9.81. The third-order valence-corrected chi connectivity index (χ3v) is 2.91. The van der Waals surface area contributed by atoms with Crippen molar-refractivity contribution in [3.63, 3.8) is 0 Å². The molecule has 0 atom stereocenters. The molecule has 112 valence electrons. The van der Waals surface area contributed by atoms with Gasteiger partial charge in [0, 0.05) is 30.1 Å².